The van der Waals surface area contributed by atoms with Gasteiger partial charge in [0.25, 0.3) is 0 Å². The van der Waals surface area contributed by atoms with E-state index in [2.05, 4.69) is 21.2 Å². The Balaban J connectivity index is 1.91. The van der Waals surface area contributed by atoms with Crippen LogP contribution in [-0.4, -0.2) is 20.3 Å². The van der Waals surface area contributed by atoms with Gasteiger partial charge < -0.3 is 14.8 Å². The summed E-state index contributed by atoms with van der Waals surface area (Å²) in [5.41, 5.74) is 0.699. The van der Waals surface area contributed by atoms with Crippen molar-refractivity contribution in [2.45, 2.75) is 0 Å². The number of rotatable bonds is 6. The van der Waals surface area contributed by atoms with Crippen molar-refractivity contribution < 1.29 is 9.47 Å². The Hall–Kier alpha value is -1.10. The molecule has 21 heavy (non-hydrogen) atoms. The molecule has 0 bridgehead atoms. The van der Waals surface area contributed by atoms with E-state index in [4.69, 9.17) is 32.7 Å². The molecule has 2 aromatic rings. The lowest BCUT2D eigenvalue weighted by Crippen LogP contribution is -2.12. The Morgan fingerprint density at radius 2 is 1.71 bits per heavy atom. The zero-order chi connectivity index (χ0) is 15.2. The number of methoxy groups -OCH3 is 1. The predicted molar refractivity (Wildman–Crippen MR) is 91.1 cm³/mol. The van der Waals surface area contributed by atoms with Crippen LogP contribution in [0.15, 0.2) is 40.9 Å². The van der Waals surface area contributed by atoms with Crippen LogP contribution in [0.4, 0.5) is 5.69 Å². The molecule has 0 aliphatic rings. The number of ether oxygens (including phenoxy) is 2. The van der Waals surface area contributed by atoms with Crippen molar-refractivity contribution >= 4 is 44.8 Å². The van der Waals surface area contributed by atoms with Crippen molar-refractivity contribution in [3.63, 3.8) is 0 Å². The first-order chi connectivity index (χ1) is 10.1. The Bertz CT molecular complexity index is 599. The van der Waals surface area contributed by atoms with Crippen molar-refractivity contribution in [2.24, 2.45) is 0 Å². The second-order valence-corrected chi connectivity index (χ2v) is 5.90. The SMILES string of the molecule is COc1ccccc1OCCNc1c(Cl)cc(Br)cc1Cl. The monoisotopic (exact) mass is 389 g/mol. The highest BCUT2D eigenvalue weighted by atomic mass is 79.9. The van der Waals surface area contributed by atoms with Crippen LogP contribution in [0.2, 0.25) is 10.0 Å². The molecule has 2 rings (SSSR count). The van der Waals surface area contributed by atoms with Gasteiger partial charge in [-0.3, -0.25) is 0 Å². The van der Waals surface area contributed by atoms with E-state index in [0.29, 0.717) is 40.4 Å². The van der Waals surface area contributed by atoms with Crippen molar-refractivity contribution in [1.29, 1.82) is 0 Å². The maximum Gasteiger partial charge on any atom is 0.161 e. The Morgan fingerprint density at radius 1 is 1.10 bits per heavy atom. The third kappa shape index (κ3) is 4.43. The Labute approximate surface area is 142 Å². The van der Waals surface area contributed by atoms with Crippen molar-refractivity contribution in [3.8, 4) is 11.5 Å². The van der Waals surface area contributed by atoms with Crippen LogP contribution < -0.4 is 14.8 Å². The quantitative estimate of drug-likeness (QED) is 0.682. The summed E-state index contributed by atoms with van der Waals surface area (Å²) < 4.78 is 11.7. The minimum Gasteiger partial charge on any atom is -0.493 e. The van der Waals surface area contributed by atoms with E-state index in [9.17, 15) is 0 Å². The average molecular weight is 391 g/mol. The molecule has 0 aromatic heterocycles. The number of hydrogen-bond donors (Lipinski definition) is 1. The number of hydrogen-bond acceptors (Lipinski definition) is 3. The minimum atomic E-state index is 0.461. The highest BCUT2D eigenvalue weighted by Crippen LogP contribution is 2.33. The van der Waals surface area contributed by atoms with Gasteiger partial charge in [-0.15, -0.1) is 0 Å². The van der Waals surface area contributed by atoms with Gasteiger partial charge in [-0.2, -0.15) is 0 Å². The Kier molecular flexibility index (Phi) is 6.03. The lowest BCUT2D eigenvalue weighted by Gasteiger charge is -2.13. The molecule has 1 N–H and O–H groups in total. The smallest absolute Gasteiger partial charge is 0.161 e. The summed E-state index contributed by atoms with van der Waals surface area (Å²) in [5, 5.41) is 4.29. The number of nitrogens with one attached hydrogen (secondary N) is 1. The molecular weight excluding hydrogens is 377 g/mol. The zero-order valence-electron chi connectivity index (χ0n) is 11.3. The molecule has 0 spiro atoms. The van der Waals surface area contributed by atoms with Gasteiger partial charge in [-0.1, -0.05) is 51.3 Å². The molecule has 0 amide bonds. The van der Waals surface area contributed by atoms with Gasteiger partial charge in [0.05, 0.1) is 22.8 Å². The fourth-order valence-corrected chi connectivity index (χ4v) is 3.13. The average Bonchev–Trinajstić information content (AvgIpc) is 2.45. The number of benzene rings is 2. The van der Waals surface area contributed by atoms with Crippen molar-refractivity contribution in [1.82, 2.24) is 0 Å². The van der Waals surface area contributed by atoms with E-state index in [1.807, 2.05) is 24.3 Å². The first-order valence-corrected chi connectivity index (χ1v) is 7.81. The first kappa shape index (κ1) is 16.3. The Morgan fingerprint density at radius 3 is 2.33 bits per heavy atom. The number of halogens is 3. The van der Waals surface area contributed by atoms with Crippen LogP contribution >= 0.6 is 39.1 Å². The minimum absolute atomic E-state index is 0.461. The van der Waals surface area contributed by atoms with Crippen LogP contribution in [0.1, 0.15) is 0 Å². The second kappa shape index (κ2) is 7.78. The second-order valence-electron chi connectivity index (χ2n) is 4.17. The lowest BCUT2D eigenvalue weighted by atomic mass is 10.3. The van der Waals surface area contributed by atoms with Gasteiger partial charge in [0.2, 0.25) is 0 Å². The van der Waals surface area contributed by atoms with Gasteiger partial charge in [-0.25, -0.2) is 0 Å². The summed E-state index contributed by atoms with van der Waals surface area (Å²) in [6.45, 7) is 1.03. The fraction of sp³-hybridized carbons (Fsp3) is 0.200. The molecule has 0 fully saturated rings. The molecule has 2 aromatic carbocycles. The summed E-state index contributed by atoms with van der Waals surface area (Å²) in [7, 11) is 1.61. The molecule has 112 valence electrons. The van der Waals surface area contributed by atoms with Crippen molar-refractivity contribution in [3.05, 3.63) is 50.9 Å². The summed E-state index contributed by atoms with van der Waals surface area (Å²) in [5.74, 6) is 1.41. The topological polar surface area (TPSA) is 30.5 Å². The molecule has 0 saturated heterocycles. The predicted octanol–water partition coefficient (Wildman–Crippen LogP) is 5.26. The molecule has 0 heterocycles. The van der Waals surface area contributed by atoms with E-state index in [1.165, 1.54) is 0 Å². The standard InChI is InChI=1S/C15H14BrCl2NO2/c1-20-13-4-2-3-5-14(13)21-7-6-19-15-11(17)8-10(16)9-12(15)18/h2-5,8-9,19H,6-7H2,1H3. The molecule has 0 atom stereocenters. The van der Waals surface area contributed by atoms with Gasteiger partial charge in [0, 0.05) is 11.0 Å². The highest BCUT2D eigenvalue weighted by molar-refractivity contribution is 9.10. The van der Waals surface area contributed by atoms with Gasteiger partial charge in [-0.05, 0) is 24.3 Å². The van der Waals surface area contributed by atoms with E-state index in [-0.39, 0.29) is 0 Å². The van der Waals surface area contributed by atoms with E-state index < -0.39 is 0 Å². The van der Waals surface area contributed by atoms with Crippen LogP contribution in [0.25, 0.3) is 0 Å². The van der Waals surface area contributed by atoms with Crippen LogP contribution in [0.5, 0.6) is 11.5 Å². The normalized spacial score (nSPS) is 10.3. The molecule has 0 unspecified atom stereocenters. The fourth-order valence-electron chi connectivity index (χ4n) is 1.79. The molecule has 0 saturated carbocycles. The van der Waals surface area contributed by atoms with E-state index in [1.54, 1.807) is 19.2 Å². The molecular formula is C15H14BrCl2NO2. The third-order valence-electron chi connectivity index (χ3n) is 2.74. The zero-order valence-corrected chi connectivity index (χ0v) is 14.4. The summed E-state index contributed by atoms with van der Waals surface area (Å²) in [4.78, 5) is 0. The van der Waals surface area contributed by atoms with Gasteiger partial charge in [0.15, 0.2) is 11.5 Å². The number of para-hydroxylation sites is 2. The largest absolute Gasteiger partial charge is 0.493 e. The number of anilines is 1. The van der Waals surface area contributed by atoms with Crippen molar-refractivity contribution in [2.75, 3.05) is 25.6 Å². The van der Waals surface area contributed by atoms with Crippen LogP contribution in [-0.2, 0) is 0 Å². The van der Waals surface area contributed by atoms with Gasteiger partial charge >= 0.3 is 0 Å². The summed E-state index contributed by atoms with van der Waals surface area (Å²) >= 11 is 15.6. The first-order valence-electron chi connectivity index (χ1n) is 6.26. The highest BCUT2D eigenvalue weighted by Gasteiger charge is 2.07. The molecule has 6 heteroatoms. The summed E-state index contributed by atoms with van der Waals surface area (Å²) in [6.07, 6.45) is 0. The molecule has 3 nitrogen and oxygen atoms in total. The maximum absolute atomic E-state index is 6.14. The molecule has 0 radical (unpaired) electrons. The van der Waals surface area contributed by atoms with Gasteiger partial charge in [0.1, 0.15) is 6.61 Å². The lowest BCUT2D eigenvalue weighted by molar-refractivity contribution is 0.306. The summed E-state index contributed by atoms with van der Waals surface area (Å²) in [6, 6.07) is 11.1. The van der Waals surface area contributed by atoms with E-state index >= 15 is 0 Å². The maximum atomic E-state index is 6.14. The molecule has 0 aliphatic heterocycles. The molecule has 0 aliphatic carbocycles. The third-order valence-corrected chi connectivity index (χ3v) is 3.79. The van der Waals surface area contributed by atoms with E-state index in [0.717, 1.165) is 4.47 Å². The van der Waals surface area contributed by atoms with Crippen LogP contribution in [0, 0.1) is 0 Å². The van der Waals surface area contributed by atoms with Crippen LogP contribution in [0.3, 0.4) is 0 Å².